The second-order valence-corrected chi connectivity index (χ2v) is 4.75. The maximum absolute atomic E-state index is 12.3. The van der Waals surface area contributed by atoms with E-state index < -0.39 is 11.2 Å². The fourth-order valence-electron chi connectivity index (χ4n) is 2.26. The van der Waals surface area contributed by atoms with Crippen LogP contribution in [0.2, 0.25) is 0 Å². The van der Waals surface area contributed by atoms with Crippen molar-refractivity contribution in [2.75, 3.05) is 12.8 Å². The highest BCUT2D eigenvalue weighted by molar-refractivity contribution is 5.89. The van der Waals surface area contributed by atoms with Crippen LogP contribution in [0.4, 0.5) is 5.69 Å². The summed E-state index contributed by atoms with van der Waals surface area (Å²) in [6.07, 6.45) is 0. The summed E-state index contributed by atoms with van der Waals surface area (Å²) in [7, 11) is 1.28. The Morgan fingerprint density at radius 3 is 2.45 bits per heavy atom. The molecule has 6 nitrogen and oxygen atoms in total. The topological polar surface area (TPSA) is 106 Å². The van der Waals surface area contributed by atoms with Gasteiger partial charge in [0.25, 0.3) is 0 Å². The summed E-state index contributed by atoms with van der Waals surface area (Å²) in [5.41, 5.74) is 6.49. The molecule has 0 atom stereocenters. The third-order valence-corrected chi connectivity index (χ3v) is 3.33. The molecule has 0 saturated heterocycles. The molecule has 0 aliphatic heterocycles. The van der Waals surface area contributed by atoms with Crippen molar-refractivity contribution < 1.29 is 19.4 Å². The fraction of sp³-hybridized carbons (Fsp3) is 0.0625. The monoisotopic (exact) mass is 299 g/mol. The van der Waals surface area contributed by atoms with Gasteiger partial charge in [0, 0.05) is 23.4 Å². The van der Waals surface area contributed by atoms with Crippen LogP contribution in [0.1, 0.15) is 0 Å². The van der Waals surface area contributed by atoms with Crippen molar-refractivity contribution in [3.05, 3.63) is 46.6 Å². The van der Waals surface area contributed by atoms with E-state index in [4.69, 9.17) is 14.9 Å². The van der Waals surface area contributed by atoms with Crippen LogP contribution < -0.4 is 15.9 Å². The van der Waals surface area contributed by atoms with Crippen LogP contribution in [0.15, 0.2) is 45.6 Å². The molecule has 3 aromatic rings. The Morgan fingerprint density at radius 1 is 1.14 bits per heavy atom. The summed E-state index contributed by atoms with van der Waals surface area (Å²) in [5.74, 6) is -0.623. The summed E-state index contributed by atoms with van der Waals surface area (Å²) in [5, 5.41) is 19.8. The van der Waals surface area contributed by atoms with Gasteiger partial charge < -0.3 is 25.1 Å². The zero-order chi connectivity index (χ0) is 15.9. The van der Waals surface area contributed by atoms with Gasteiger partial charge in [0.15, 0.2) is 16.9 Å². The highest BCUT2D eigenvalue weighted by Gasteiger charge is 2.18. The van der Waals surface area contributed by atoms with Gasteiger partial charge in [-0.1, -0.05) is 0 Å². The van der Waals surface area contributed by atoms with Gasteiger partial charge in [-0.15, -0.1) is 0 Å². The van der Waals surface area contributed by atoms with Crippen molar-refractivity contribution >= 4 is 16.7 Å². The van der Waals surface area contributed by atoms with Crippen molar-refractivity contribution in [1.29, 1.82) is 0 Å². The predicted molar refractivity (Wildman–Crippen MR) is 82.2 cm³/mol. The zero-order valence-electron chi connectivity index (χ0n) is 11.7. The Labute approximate surface area is 125 Å². The summed E-state index contributed by atoms with van der Waals surface area (Å²) < 4.78 is 10.5. The Hall–Kier alpha value is -3.15. The molecule has 0 saturated carbocycles. The van der Waals surface area contributed by atoms with E-state index in [0.29, 0.717) is 17.0 Å². The summed E-state index contributed by atoms with van der Waals surface area (Å²) in [6.45, 7) is 0. The van der Waals surface area contributed by atoms with Gasteiger partial charge in [-0.3, -0.25) is 4.79 Å². The van der Waals surface area contributed by atoms with Gasteiger partial charge in [0.05, 0.1) is 7.11 Å². The number of hydrogen-bond donors (Lipinski definition) is 3. The number of hydrogen-bond acceptors (Lipinski definition) is 6. The second kappa shape index (κ2) is 5.00. The smallest absolute Gasteiger partial charge is 0.203 e. The standard InChI is InChI=1S/C16H13NO5/c1-21-16-11(19)7-13-14(15(16)20)10(18)6-12(22-13)8-2-4-9(17)5-3-8/h2-7,19-20H,17H2,1H3. The average Bonchev–Trinajstić information content (AvgIpc) is 2.47. The van der Waals surface area contributed by atoms with Crippen LogP contribution in [0.25, 0.3) is 22.3 Å². The molecule has 0 fully saturated rings. The lowest BCUT2D eigenvalue weighted by Gasteiger charge is -2.09. The van der Waals surface area contributed by atoms with Crippen molar-refractivity contribution in [1.82, 2.24) is 0 Å². The van der Waals surface area contributed by atoms with E-state index in [9.17, 15) is 15.0 Å². The van der Waals surface area contributed by atoms with Gasteiger partial charge in [0.2, 0.25) is 5.75 Å². The van der Waals surface area contributed by atoms with Crippen LogP contribution in [0.5, 0.6) is 17.2 Å². The molecule has 0 radical (unpaired) electrons. The second-order valence-electron chi connectivity index (χ2n) is 4.75. The van der Waals surface area contributed by atoms with E-state index in [1.165, 1.54) is 19.2 Å². The molecule has 1 heterocycles. The summed E-state index contributed by atoms with van der Waals surface area (Å²) in [4.78, 5) is 12.3. The molecule has 22 heavy (non-hydrogen) atoms. The Bertz CT molecular complexity index is 912. The lowest BCUT2D eigenvalue weighted by atomic mass is 10.1. The largest absolute Gasteiger partial charge is 0.504 e. The number of benzene rings is 2. The molecule has 4 N–H and O–H groups in total. The van der Waals surface area contributed by atoms with Gasteiger partial charge in [-0.2, -0.15) is 0 Å². The quantitative estimate of drug-likeness (QED) is 0.628. The molecule has 0 bridgehead atoms. The Kier molecular flexibility index (Phi) is 3.14. The number of nitrogens with two attached hydrogens (primary N) is 1. The van der Waals surface area contributed by atoms with Crippen molar-refractivity contribution in [2.45, 2.75) is 0 Å². The van der Waals surface area contributed by atoms with Crippen LogP contribution in [0.3, 0.4) is 0 Å². The first-order valence-corrected chi connectivity index (χ1v) is 6.44. The number of fused-ring (bicyclic) bond motifs is 1. The van der Waals surface area contributed by atoms with Crippen molar-refractivity contribution in [3.63, 3.8) is 0 Å². The maximum atomic E-state index is 12.3. The molecule has 0 aliphatic rings. The summed E-state index contributed by atoms with van der Waals surface area (Å²) in [6, 6.07) is 9.29. The molecular formula is C16H13NO5. The van der Waals surface area contributed by atoms with E-state index in [-0.39, 0.29) is 22.5 Å². The summed E-state index contributed by atoms with van der Waals surface area (Å²) >= 11 is 0. The lowest BCUT2D eigenvalue weighted by Crippen LogP contribution is -2.02. The third kappa shape index (κ3) is 2.10. The Balaban J connectivity index is 2.29. The van der Waals surface area contributed by atoms with Gasteiger partial charge in [0.1, 0.15) is 16.7 Å². The number of phenols is 2. The molecular weight excluding hydrogens is 286 g/mol. The van der Waals surface area contributed by atoms with E-state index in [2.05, 4.69) is 0 Å². The minimum Gasteiger partial charge on any atom is -0.504 e. The average molecular weight is 299 g/mol. The molecule has 0 amide bonds. The molecule has 1 aromatic heterocycles. The number of anilines is 1. The SMILES string of the molecule is COc1c(O)cc2oc(-c3ccc(N)cc3)cc(=O)c2c1O. The first-order chi connectivity index (χ1) is 10.5. The number of methoxy groups -OCH3 is 1. The number of phenolic OH excluding ortho intramolecular Hbond substituents is 2. The van der Waals surface area contributed by atoms with E-state index in [1.54, 1.807) is 24.3 Å². The zero-order valence-corrected chi connectivity index (χ0v) is 11.7. The highest BCUT2D eigenvalue weighted by atomic mass is 16.5. The number of ether oxygens (including phenoxy) is 1. The fourth-order valence-corrected chi connectivity index (χ4v) is 2.26. The molecule has 0 aliphatic carbocycles. The van der Waals surface area contributed by atoms with Crippen molar-refractivity contribution in [3.8, 4) is 28.6 Å². The van der Waals surface area contributed by atoms with Crippen LogP contribution in [-0.2, 0) is 0 Å². The molecule has 6 heteroatoms. The van der Waals surface area contributed by atoms with E-state index in [1.807, 2.05) is 0 Å². The van der Waals surface area contributed by atoms with E-state index in [0.717, 1.165) is 0 Å². The van der Waals surface area contributed by atoms with Gasteiger partial charge in [-0.05, 0) is 24.3 Å². The van der Waals surface area contributed by atoms with Gasteiger partial charge in [-0.25, -0.2) is 0 Å². The normalized spacial score (nSPS) is 10.8. The minimum absolute atomic E-state index is 0.0474. The maximum Gasteiger partial charge on any atom is 0.203 e. The number of rotatable bonds is 2. The van der Waals surface area contributed by atoms with Crippen LogP contribution in [-0.4, -0.2) is 17.3 Å². The highest BCUT2D eigenvalue weighted by Crippen LogP contribution is 2.41. The van der Waals surface area contributed by atoms with Crippen LogP contribution in [0, 0.1) is 0 Å². The number of aromatic hydroxyl groups is 2. The molecule has 2 aromatic carbocycles. The predicted octanol–water partition coefficient (Wildman–Crippen LogP) is 2.46. The molecule has 0 unspecified atom stereocenters. The number of nitrogen functional groups attached to an aromatic ring is 1. The Morgan fingerprint density at radius 2 is 1.82 bits per heavy atom. The van der Waals surface area contributed by atoms with Crippen molar-refractivity contribution in [2.24, 2.45) is 0 Å². The first-order valence-electron chi connectivity index (χ1n) is 6.44. The molecule has 3 rings (SSSR count). The van der Waals surface area contributed by atoms with Gasteiger partial charge >= 0.3 is 0 Å². The first kappa shape index (κ1) is 13.8. The minimum atomic E-state index is -0.449. The third-order valence-electron chi connectivity index (χ3n) is 3.33. The lowest BCUT2D eigenvalue weighted by molar-refractivity contribution is 0.346. The molecule has 0 spiro atoms. The van der Waals surface area contributed by atoms with Crippen LogP contribution >= 0.6 is 0 Å². The van der Waals surface area contributed by atoms with E-state index >= 15 is 0 Å². The molecule has 112 valence electrons.